The Balaban J connectivity index is 1.73. The molecule has 1 aromatic carbocycles. The maximum absolute atomic E-state index is 12.2. The number of aromatic amines is 1. The number of nitrogens with one attached hydrogen (secondary N) is 2. The number of esters is 1. The van der Waals surface area contributed by atoms with E-state index < -0.39 is 5.97 Å². The number of benzene rings is 1. The van der Waals surface area contributed by atoms with Crippen molar-refractivity contribution in [3.8, 4) is 0 Å². The lowest BCUT2D eigenvalue weighted by atomic mass is 10.0. The topological polar surface area (TPSA) is 101 Å². The molecule has 0 bridgehead atoms. The molecule has 2 N–H and O–H groups in total. The van der Waals surface area contributed by atoms with Crippen molar-refractivity contribution in [2.45, 2.75) is 39.7 Å². The summed E-state index contributed by atoms with van der Waals surface area (Å²) in [6.07, 6.45) is -0.0581. The lowest BCUT2D eigenvalue weighted by Gasteiger charge is -2.07. The van der Waals surface area contributed by atoms with Crippen LogP contribution in [0.1, 0.15) is 43.5 Å². The van der Waals surface area contributed by atoms with Crippen LogP contribution >= 0.6 is 0 Å². The number of carbonyl (C=O) groups is 1. The normalized spacial score (nSPS) is 11.1. The largest absolute Gasteiger partial charge is 0.466 e. The summed E-state index contributed by atoms with van der Waals surface area (Å²) in [4.78, 5) is 32.3. The van der Waals surface area contributed by atoms with E-state index in [1.54, 1.807) is 6.92 Å². The first-order valence-electron chi connectivity index (χ1n) is 8.93. The molecule has 0 spiro atoms. The lowest BCUT2D eigenvalue weighted by Crippen LogP contribution is -2.18. The van der Waals surface area contributed by atoms with Gasteiger partial charge < -0.3 is 10.1 Å². The van der Waals surface area contributed by atoms with Crippen molar-refractivity contribution in [1.82, 2.24) is 19.6 Å². The van der Waals surface area contributed by atoms with Crippen LogP contribution in [0.25, 0.3) is 5.78 Å². The smallest absolute Gasteiger partial charge is 0.311 e. The summed E-state index contributed by atoms with van der Waals surface area (Å²) in [5.41, 5.74) is 2.39. The maximum Gasteiger partial charge on any atom is 0.311 e. The molecular formula is C19H23N5O3. The zero-order chi connectivity index (χ0) is 19.4. The Hall–Kier alpha value is -3.16. The number of carbonyl (C=O) groups excluding carboxylic acids is 1. The van der Waals surface area contributed by atoms with Crippen LogP contribution in [0.3, 0.4) is 0 Å². The van der Waals surface area contributed by atoms with E-state index in [2.05, 4.69) is 58.5 Å². The molecule has 3 rings (SSSR count). The molecule has 0 aliphatic carbocycles. The Labute approximate surface area is 156 Å². The van der Waals surface area contributed by atoms with E-state index in [4.69, 9.17) is 4.74 Å². The van der Waals surface area contributed by atoms with E-state index in [0.717, 1.165) is 5.56 Å². The van der Waals surface area contributed by atoms with Gasteiger partial charge in [-0.15, -0.1) is 0 Å². The van der Waals surface area contributed by atoms with Crippen LogP contribution in [0, 0.1) is 0 Å². The molecule has 0 saturated carbocycles. The van der Waals surface area contributed by atoms with Crippen LogP contribution in [0.5, 0.6) is 0 Å². The van der Waals surface area contributed by atoms with Gasteiger partial charge in [-0.1, -0.05) is 38.1 Å². The van der Waals surface area contributed by atoms with Gasteiger partial charge in [0.05, 0.1) is 18.7 Å². The predicted molar refractivity (Wildman–Crippen MR) is 102 cm³/mol. The molecule has 2 heterocycles. The Morgan fingerprint density at radius 2 is 2.00 bits per heavy atom. The van der Waals surface area contributed by atoms with E-state index >= 15 is 0 Å². The molecular weight excluding hydrogens is 346 g/mol. The molecule has 0 saturated heterocycles. The van der Waals surface area contributed by atoms with Crippen molar-refractivity contribution in [3.63, 3.8) is 0 Å². The number of fused-ring (bicyclic) bond motifs is 1. The van der Waals surface area contributed by atoms with Crippen LogP contribution in [-0.2, 0) is 22.5 Å². The summed E-state index contributed by atoms with van der Waals surface area (Å²) in [5.74, 6) is 0.705. The number of H-pyrrole nitrogens is 1. The average Bonchev–Trinajstić information content (AvgIpc) is 3.04. The van der Waals surface area contributed by atoms with Crippen molar-refractivity contribution in [2.75, 3.05) is 11.9 Å². The predicted octanol–water partition coefficient (Wildman–Crippen LogP) is 2.26. The number of rotatable bonds is 7. The van der Waals surface area contributed by atoms with Gasteiger partial charge in [0.1, 0.15) is 0 Å². The Morgan fingerprint density at radius 3 is 2.67 bits per heavy atom. The molecule has 0 fully saturated rings. The molecule has 0 atom stereocenters. The minimum atomic E-state index is -0.424. The molecule has 8 nitrogen and oxygen atoms in total. The van der Waals surface area contributed by atoms with Crippen molar-refractivity contribution < 1.29 is 9.53 Å². The highest BCUT2D eigenvalue weighted by Gasteiger charge is 2.11. The van der Waals surface area contributed by atoms with Gasteiger partial charge in [-0.25, -0.2) is 4.98 Å². The molecule has 0 amide bonds. The van der Waals surface area contributed by atoms with Crippen LogP contribution in [0.2, 0.25) is 0 Å². The van der Waals surface area contributed by atoms with Crippen LogP contribution in [0.15, 0.2) is 35.1 Å². The average molecular weight is 369 g/mol. The molecule has 8 heteroatoms. The molecule has 3 aromatic rings. The van der Waals surface area contributed by atoms with Gasteiger partial charge in [0.25, 0.3) is 11.3 Å². The van der Waals surface area contributed by atoms with E-state index in [1.807, 2.05) is 0 Å². The van der Waals surface area contributed by atoms with Gasteiger partial charge >= 0.3 is 5.97 Å². The van der Waals surface area contributed by atoms with E-state index in [9.17, 15) is 9.59 Å². The second-order valence-corrected chi connectivity index (χ2v) is 6.52. The summed E-state index contributed by atoms with van der Waals surface area (Å²) in [6.45, 7) is 6.88. The van der Waals surface area contributed by atoms with Crippen LogP contribution < -0.4 is 10.9 Å². The SMILES string of the molecule is CCOC(=O)Cc1cc(=O)n2[nH]c(NCc3ccc(C(C)C)cc3)nc2n1. The molecule has 27 heavy (non-hydrogen) atoms. The molecule has 0 radical (unpaired) electrons. The minimum Gasteiger partial charge on any atom is -0.466 e. The lowest BCUT2D eigenvalue weighted by molar-refractivity contribution is -0.142. The number of anilines is 1. The van der Waals surface area contributed by atoms with Crippen molar-refractivity contribution in [1.29, 1.82) is 0 Å². The molecule has 0 aliphatic rings. The van der Waals surface area contributed by atoms with Gasteiger partial charge in [-0.05, 0) is 24.0 Å². The van der Waals surface area contributed by atoms with Gasteiger partial charge in [0.2, 0.25) is 5.95 Å². The third-order valence-electron chi connectivity index (χ3n) is 4.12. The molecule has 142 valence electrons. The highest BCUT2D eigenvalue weighted by Crippen LogP contribution is 2.15. The Morgan fingerprint density at radius 1 is 1.26 bits per heavy atom. The number of ether oxygens (including phenoxy) is 1. The van der Waals surface area contributed by atoms with E-state index in [-0.39, 0.29) is 24.4 Å². The van der Waals surface area contributed by atoms with Gasteiger partial charge in [-0.3, -0.25) is 14.7 Å². The quantitative estimate of drug-likeness (QED) is 0.620. The zero-order valence-electron chi connectivity index (χ0n) is 15.7. The first kappa shape index (κ1) is 18.6. The summed E-state index contributed by atoms with van der Waals surface area (Å²) in [5, 5.41) is 6.02. The number of hydrogen-bond acceptors (Lipinski definition) is 6. The fourth-order valence-electron chi connectivity index (χ4n) is 2.66. The van der Waals surface area contributed by atoms with E-state index in [1.165, 1.54) is 16.1 Å². The van der Waals surface area contributed by atoms with Gasteiger partial charge in [-0.2, -0.15) is 9.50 Å². The third-order valence-corrected chi connectivity index (χ3v) is 4.12. The second kappa shape index (κ2) is 8.03. The van der Waals surface area contributed by atoms with Crippen LogP contribution in [-0.4, -0.2) is 32.2 Å². The standard InChI is InChI=1S/C19H23N5O3/c1-4-27-17(26)10-15-9-16(25)24-19(21-15)22-18(23-24)20-11-13-5-7-14(8-6-13)12(2)3/h5-9,12H,4,10-11H2,1-3H3,(H2,20,21,22,23). The second-order valence-electron chi connectivity index (χ2n) is 6.52. The maximum atomic E-state index is 12.2. The molecule has 0 aliphatic heterocycles. The number of nitrogens with zero attached hydrogens (tertiary/aromatic N) is 3. The molecule has 0 unspecified atom stereocenters. The van der Waals surface area contributed by atoms with Crippen molar-refractivity contribution in [3.05, 3.63) is 57.5 Å². The summed E-state index contributed by atoms with van der Waals surface area (Å²) >= 11 is 0. The summed E-state index contributed by atoms with van der Waals surface area (Å²) < 4.78 is 6.12. The Kier molecular flexibility index (Phi) is 5.54. The first-order valence-corrected chi connectivity index (χ1v) is 8.93. The van der Waals surface area contributed by atoms with Gasteiger partial charge in [0, 0.05) is 12.6 Å². The third kappa shape index (κ3) is 4.52. The summed E-state index contributed by atoms with van der Waals surface area (Å²) in [7, 11) is 0. The highest BCUT2D eigenvalue weighted by atomic mass is 16.5. The number of aromatic nitrogens is 4. The highest BCUT2D eigenvalue weighted by molar-refractivity contribution is 5.72. The Bertz CT molecular complexity index is 989. The van der Waals surface area contributed by atoms with E-state index in [0.29, 0.717) is 24.1 Å². The minimum absolute atomic E-state index is 0.0581. The monoisotopic (exact) mass is 369 g/mol. The number of hydrogen-bond donors (Lipinski definition) is 2. The first-order chi connectivity index (χ1) is 13.0. The zero-order valence-corrected chi connectivity index (χ0v) is 15.7. The van der Waals surface area contributed by atoms with Gasteiger partial charge in [0.15, 0.2) is 0 Å². The molecule has 2 aromatic heterocycles. The van der Waals surface area contributed by atoms with Crippen LogP contribution in [0.4, 0.5) is 5.95 Å². The van der Waals surface area contributed by atoms with Crippen molar-refractivity contribution >= 4 is 17.7 Å². The fraction of sp³-hybridized carbons (Fsp3) is 0.368. The van der Waals surface area contributed by atoms with Crippen molar-refractivity contribution in [2.24, 2.45) is 0 Å². The fourth-order valence-corrected chi connectivity index (χ4v) is 2.66. The summed E-state index contributed by atoms with van der Waals surface area (Å²) in [6, 6.07) is 9.64.